The van der Waals surface area contributed by atoms with Gasteiger partial charge in [0.2, 0.25) is 0 Å². The standard InChI is InChI=1S/C14H18F2/c1-4-11-7-8-13(6-3)14(15,16)10-9-12(11)5-2/h4-5,9-10,13H,1-2,6-8H2,3H3/b10-9-,12-11-. The minimum absolute atomic E-state index is 0.491. The van der Waals surface area contributed by atoms with Gasteiger partial charge in [0.25, 0.3) is 5.92 Å². The first kappa shape index (κ1) is 12.9. The summed E-state index contributed by atoms with van der Waals surface area (Å²) in [4.78, 5) is 0. The Morgan fingerprint density at radius 1 is 1.44 bits per heavy atom. The molecule has 0 saturated heterocycles. The Morgan fingerprint density at radius 2 is 2.12 bits per heavy atom. The molecule has 1 aliphatic rings. The van der Waals surface area contributed by atoms with Crippen molar-refractivity contribution in [2.24, 2.45) is 5.92 Å². The van der Waals surface area contributed by atoms with Gasteiger partial charge in [-0.2, -0.15) is 0 Å². The lowest BCUT2D eigenvalue weighted by molar-refractivity contribution is -0.0146. The maximum Gasteiger partial charge on any atom is 0.269 e. The third kappa shape index (κ3) is 2.69. The van der Waals surface area contributed by atoms with Crippen molar-refractivity contribution in [3.63, 3.8) is 0 Å². The summed E-state index contributed by atoms with van der Waals surface area (Å²) in [6, 6.07) is 0. The molecule has 1 atom stereocenters. The quantitative estimate of drug-likeness (QED) is 0.653. The van der Waals surface area contributed by atoms with E-state index in [0.717, 1.165) is 17.2 Å². The van der Waals surface area contributed by atoms with Crippen molar-refractivity contribution in [2.45, 2.75) is 32.1 Å². The number of hydrogen-bond acceptors (Lipinski definition) is 0. The second-order valence-electron chi connectivity index (χ2n) is 4.04. The number of alkyl halides is 2. The van der Waals surface area contributed by atoms with Gasteiger partial charge < -0.3 is 0 Å². The molecule has 0 nitrogen and oxygen atoms in total. The van der Waals surface area contributed by atoms with E-state index in [9.17, 15) is 8.78 Å². The summed E-state index contributed by atoms with van der Waals surface area (Å²) in [5.41, 5.74) is 1.75. The van der Waals surface area contributed by atoms with Gasteiger partial charge in [0.15, 0.2) is 0 Å². The minimum Gasteiger partial charge on any atom is -0.202 e. The van der Waals surface area contributed by atoms with Crippen LogP contribution in [0.2, 0.25) is 0 Å². The Morgan fingerprint density at radius 3 is 2.62 bits per heavy atom. The van der Waals surface area contributed by atoms with E-state index in [1.54, 1.807) is 19.1 Å². The molecule has 0 saturated carbocycles. The van der Waals surface area contributed by atoms with Gasteiger partial charge in [-0.15, -0.1) is 0 Å². The van der Waals surface area contributed by atoms with E-state index in [4.69, 9.17) is 0 Å². The molecule has 16 heavy (non-hydrogen) atoms. The van der Waals surface area contributed by atoms with Crippen LogP contribution in [-0.4, -0.2) is 5.92 Å². The van der Waals surface area contributed by atoms with E-state index in [-0.39, 0.29) is 0 Å². The lowest BCUT2D eigenvalue weighted by Gasteiger charge is -2.25. The van der Waals surface area contributed by atoms with Gasteiger partial charge in [-0.25, -0.2) is 8.78 Å². The third-order valence-electron chi connectivity index (χ3n) is 3.12. The second kappa shape index (κ2) is 5.24. The number of halogens is 2. The van der Waals surface area contributed by atoms with Crippen LogP contribution in [0.25, 0.3) is 0 Å². The minimum atomic E-state index is -2.71. The molecular formula is C14H18F2. The van der Waals surface area contributed by atoms with Crippen molar-refractivity contribution >= 4 is 0 Å². The lowest BCUT2D eigenvalue weighted by Crippen LogP contribution is -2.26. The summed E-state index contributed by atoms with van der Waals surface area (Å²) in [6.45, 7) is 9.16. The molecular weight excluding hydrogens is 206 g/mol. The zero-order chi connectivity index (χ0) is 12.2. The maximum absolute atomic E-state index is 13.7. The Labute approximate surface area is 96.1 Å². The Bertz CT molecular complexity index is 335. The van der Waals surface area contributed by atoms with Crippen LogP contribution in [0.4, 0.5) is 8.78 Å². The predicted octanol–water partition coefficient (Wildman–Crippen LogP) is 4.67. The van der Waals surface area contributed by atoms with Crippen LogP contribution in [0.1, 0.15) is 26.2 Å². The first-order chi connectivity index (χ1) is 7.55. The number of allylic oxidation sites excluding steroid dienone is 6. The van der Waals surface area contributed by atoms with Gasteiger partial charge in [0, 0.05) is 5.92 Å². The molecule has 2 heteroatoms. The van der Waals surface area contributed by atoms with Crippen LogP contribution in [-0.2, 0) is 0 Å². The molecule has 1 rings (SSSR count). The predicted molar refractivity (Wildman–Crippen MR) is 64.5 cm³/mol. The maximum atomic E-state index is 13.7. The molecule has 0 aromatic carbocycles. The van der Waals surface area contributed by atoms with E-state index >= 15 is 0 Å². The van der Waals surface area contributed by atoms with E-state index in [1.807, 2.05) is 0 Å². The third-order valence-corrected chi connectivity index (χ3v) is 3.12. The smallest absolute Gasteiger partial charge is 0.202 e. The van der Waals surface area contributed by atoms with Crippen LogP contribution in [0.5, 0.6) is 0 Å². The average Bonchev–Trinajstić information content (AvgIpc) is 2.25. The fraction of sp³-hybridized carbons (Fsp3) is 0.429. The molecule has 0 aliphatic heterocycles. The van der Waals surface area contributed by atoms with E-state index in [2.05, 4.69) is 13.2 Å². The molecule has 0 aromatic rings. The zero-order valence-corrected chi connectivity index (χ0v) is 9.68. The molecule has 0 spiro atoms. The fourth-order valence-corrected chi connectivity index (χ4v) is 2.01. The topological polar surface area (TPSA) is 0 Å². The largest absolute Gasteiger partial charge is 0.269 e. The van der Waals surface area contributed by atoms with Crippen LogP contribution in [0, 0.1) is 5.92 Å². The van der Waals surface area contributed by atoms with Crippen molar-refractivity contribution in [3.8, 4) is 0 Å². The molecule has 0 aromatic heterocycles. The molecule has 0 amide bonds. The van der Waals surface area contributed by atoms with E-state index < -0.39 is 11.8 Å². The fourth-order valence-electron chi connectivity index (χ4n) is 2.01. The van der Waals surface area contributed by atoms with Gasteiger partial charge in [0.05, 0.1) is 0 Å². The van der Waals surface area contributed by atoms with Gasteiger partial charge in [-0.1, -0.05) is 38.3 Å². The van der Waals surface area contributed by atoms with Gasteiger partial charge in [-0.05, 0) is 36.5 Å². The van der Waals surface area contributed by atoms with Crippen molar-refractivity contribution in [1.29, 1.82) is 0 Å². The molecule has 0 N–H and O–H groups in total. The highest BCUT2D eigenvalue weighted by molar-refractivity contribution is 5.40. The Hall–Kier alpha value is -1.18. The van der Waals surface area contributed by atoms with Gasteiger partial charge >= 0.3 is 0 Å². The summed E-state index contributed by atoms with van der Waals surface area (Å²) in [7, 11) is 0. The summed E-state index contributed by atoms with van der Waals surface area (Å²) in [6.07, 6.45) is 7.43. The lowest BCUT2D eigenvalue weighted by atomic mass is 9.87. The second-order valence-corrected chi connectivity index (χ2v) is 4.04. The summed E-state index contributed by atoms with van der Waals surface area (Å²) < 4.78 is 27.4. The molecule has 0 fully saturated rings. The van der Waals surface area contributed by atoms with Crippen LogP contribution in [0.15, 0.2) is 48.6 Å². The van der Waals surface area contributed by atoms with E-state index in [0.29, 0.717) is 19.3 Å². The van der Waals surface area contributed by atoms with Crippen LogP contribution >= 0.6 is 0 Å². The van der Waals surface area contributed by atoms with Crippen molar-refractivity contribution in [2.75, 3.05) is 0 Å². The monoisotopic (exact) mass is 224 g/mol. The molecule has 1 aliphatic carbocycles. The molecule has 0 heterocycles. The number of hydrogen-bond donors (Lipinski definition) is 0. The summed E-state index contributed by atoms with van der Waals surface area (Å²) in [5.74, 6) is -3.29. The normalized spacial score (nSPS) is 31.3. The van der Waals surface area contributed by atoms with Gasteiger partial charge in [0.1, 0.15) is 0 Å². The molecule has 0 bridgehead atoms. The highest BCUT2D eigenvalue weighted by atomic mass is 19.3. The highest BCUT2D eigenvalue weighted by Gasteiger charge is 2.35. The zero-order valence-electron chi connectivity index (χ0n) is 9.68. The van der Waals surface area contributed by atoms with Crippen LogP contribution in [0.3, 0.4) is 0 Å². The SMILES string of the molecule is C=CC1=C(\C=C)CCC(CC)C(F)(F)/C=C\1. The Balaban J connectivity index is 3.09. The first-order valence-electron chi connectivity index (χ1n) is 5.60. The number of rotatable bonds is 3. The summed E-state index contributed by atoms with van der Waals surface area (Å²) >= 11 is 0. The van der Waals surface area contributed by atoms with Crippen LogP contribution < -0.4 is 0 Å². The molecule has 1 unspecified atom stereocenters. The molecule has 88 valence electrons. The average molecular weight is 224 g/mol. The Kier molecular flexibility index (Phi) is 4.22. The van der Waals surface area contributed by atoms with Gasteiger partial charge in [-0.3, -0.25) is 0 Å². The highest BCUT2D eigenvalue weighted by Crippen LogP contribution is 2.36. The van der Waals surface area contributed by atoms with E-state index in [1.165, 1.54) is 6.08 Å². The summed E-state index contributed by atoms with van der Waals surface area (Å²) in [5, 5.41) is 0. The van der Waals surface area contributed by atoms with Crippen molar-refractivity contribution < 1.29 is 8.78 Å². The molecule has 0 radical (unpaired) electrons. The van der Waals surface area contributed by atoms with Crippen molar-refractivity contribution in [3.05, 3.63) is 48.6 Å². The first-order valence-corrected chi connectivity index (χ1v) is 5.60. The van der Waals surface area contributed by atoms with Crippen molar-refractivity contribution in [1.82, 2.24) is 0 Å².